The average molecular weight is 293 g/mol. The van der Waals surface area contributed by atoms with Gasteiger partial charge < -0.3 is 19.9 Å². The van der Waals surface area contributed by atoms with Gasteiger partial charge in [-0.25, -0.2) is 9.59 Å². The number of carbonyl (C=O) groups is 2. The lowest BCUT2D eigenvalue weighted by atomic mass is 9.75. The van der Waals surface area contributed by atoms with E-state index in [1.54, 1.807) is 7.11 Å². The molecule has 0 aromatic carbocycles. The van der Waals surface area contributed by atoms with E-state index in [4.69, 9.17) is 21.0 Å². The molecule has 8 nitrogen and oxygen atoms in total. The minimum Gasteiger partial charge on any atom is -0.381 e. The van der Waals surface area contributed by atoms with Gasteiger partial charge in [0.1, 0.15) is 0 Å². The van der Waals surface area contributed by atoms with Crippen molar-refractivity contribution < 1.29 is 23.8 Å². The van der Waals surface area contributed by atoms with Gasteiger partial charge in [-0.1, -0.05) is 0 Å². The van der Waals surface area contributed by atoms with Crippen LogP contribution in [0.2, 0.25) is 0 Å². The van der Waals surface area contributed by atoms with Gasteiger partial charge in [0, 0.05) is 18.7 Å². The Bertz CT molecular complexity index is 521. The molecule has 0 aliphatic heterocycles. The van der Waals surface area contributed by atoms with Crippen LogP contribution in [0.25, 0.3) is 0 Å². The summed E-state index contributed by atoms with van der Waals surface area (Å²) in [6.07, 6.45) is 5.21. The van der Waals surface area contributed by atoms with Gasteiger partial charge in [0.25, 0.3) is 12.5 Å². The number of hydrogen-bond donors (Lipinski definition) is 1. The summed E-state index contributed by atoms with van der Waals surface area (Å²) >= 11 is 0. The monoisotopic (exact) mass is 293 g/mol. The number of ether oxygens (including phenoxy) is 3. The van der Waals surface area contributed by atoms with Crippen molar-refractivity contribution in [2.45, 2.75) is 37.3 Å². The maximum atomic E-state index is 11.8. The van der Waals surface area contributed by atoms with Gasteiger partial charge in [0.05, 0.1) is 11.7 Å². The first-order valence-electron chi connectivity index (χ1n) is 6.21. The van der Waals surface area contributed by atoms with Crippen LogP contribution in [-0.2, 0) is 23.8 Å². The largest absolute Gasteiger partial charge is 0.381 e. The van der Waals surface area contributed by atoms with E-state index in [1.807, 2.05) is 0 Å². The Morgan fingerprint density at radius 1 is 1.24 bits per heavy atom. The number of nitriles is 2. The van der Waals surface area contributed by atoms with Crippen LogP contribution in [0.5, 0.6) is 0 Å². The van der Waals surface area contributed by atoms with Crippen LogP contribution in [0.4, 0.5) is 0 Å². The molecule has 0 amide bonds. The molecule has 0 radical (unpaired) electrons. The first-order valence-corrected chi connectivity index (χ1v) is 6.21. The van der Waals surface area contributed by atoms with E-state index >= 15 is 0 Å². The van der Waals surface area contributed by atoms with Crippen molar-refractivity contribution in [3.05, 3.63) is 11.6 Å². The first kappa shape index (κ1) is 16.6. The number of hydrogen-bond acceptors (Lipinski definition) is 8. The SMILES string of the molecule is COC1CCC(N)(/C(=C/C(=O)OC#N)C(=O)OC#N)CC1. The van der Waals surface area contributed by atoms with Crippen molar-refractivity contribution in [2.24, 2.45) is 5.73 Å². The number of rotatable bonds is 4. The standard InChI is InChI=1S/C13H15N3O5/c1-19-9-2-4-13(16,5-3-9)10(12(18)21-8-15)6-11(17)20-7-14/h6,9H,2-5,16H2,1H3/b10-6+. The molecule has 8 heteroatoms. The molecule has 2 N–H and O–H groups in total. The van der Waals surface area contributed by atoms with Gasteiger partial charge in [-0.15, -0.1) is 10.5 Å². The minimum absolute atomic E-state index is 0.0287. The highest BCUT2D eigenvalue weighted by molar-refractivity contribution is 5.98. The van der Waals surface area contributed by atoms with E-state index in [1.165, 1.54) is 12.5 Å². The van der Waals surface area contributed by atoms with Crippen molar-refractivity contribution in [3.63, 3.8) is 0 Å². The zero-order valence-corrected chi connectivity index (χ0v) is 11.5. The summed E-state index contributed by atoms with van der Waals surface area (Å²) in [6.45, 7) is 0. The Morgan fingerprint density at radius 2 is 1.81 bits per heavy atom. The van der Waals surface area contributed by atoms with Crippen LogP contribution in [0.15, 0.2) is 11.6 Å². The fraction of sp³-hybridized carbons (Fsp3) is 0.538. The first-order chi connectivity index (χ1) is 9.96. The van der Waals surface area contributed by atoms with Crippen LogP contribution >= 0.6 is 0 Å². The van der Waals surface area contributed by atoms with Crippen LogP contribution in [0.1, 0.15) is 25.7 Å². The van der Waals surface area contributed by atoms with E-state index in [2.05, 4.69) is 9.47 Å². The highest BCUT2D eigenvalue weighted by atomic mass is 16.5. The van der Waals surface area contributed by atoms with Crippen LogP contribution < -0.4 is 5.73 Å². The summed E-state index contributed by atoms with van der Waals surface area (Å²) in [5, 5.41) is 16.7. The number of methoxy groups -OCH3 is 1. The number of nitrogens with two attached hydrogens (primary N) is 1. The lowest BCUT2D eigenvalue weighted by Gasteiger charge is -2.37. The van der Waals surface area contributed by atoms with E-state index in [-0.39, 0.29) is 11.7 Å². The zero-order valence-electron chi connectivity index (χ0n) is 11.5. The second-order valence-corrected chi connectivity index (χ2v) is 4.64. The van der Waals surface area contributed by atoms with Gasteiger partial charge in [0.15, 0.2) is 0 Å². The van der Waals surface area contributed by atoms with Crippen LogP contribution in [0, 0.1) is 23.0 Å². The number of nitrogens with zero attached hydrogens (tertiary/aromatic N) is 2. The molecule has 1 aliphatic rings. The van der Waals surface area contributed by atoms with Crippen molar-refractivity contribution in [2.75, 3.05) is 7.11 Å². The Balaban J connectivity index is 3.02. The Morgan fingerprint density at radius 3 is 2.29 bits per heavy atom. The molecule has 1 rings (SSSR count). The summed E-state index contributed by atoms with van der Waals surface area (Å²) in [5.74, 6) is -2.06. The third-order valence-corrected chi connectivity index (χ3v) is 3.46. The van der Waals surface area contributed by atoms with Crippen LogP contribution in [-0.4, -0.2) is 30.7 Å². The average Bonchev–Trinajstić information content (AvgIpc) is 2.46. The molecule has 112 valence electrons. The van der Waals surface area contributed by atoms with Crippen LogP contribution in [0.3, 0.4) is 0 Å². The van der Waals surface area contributed by atoms with E-state index in [0.717, 1.165) is 6.08 Å². The lowest BCUT2D eigenvalue weighted by molar-refractivity contribution is -0.136. The summed E-state index contributed by atoms with van der Waals surface area (Å²) in [7, 11) is 1.58. The lowest BCUT2D eigenvalue weighted by Crippen LogP contribution is -2.48. The molecule has 0 bridgehead atoms. The fourth-order valence-electron chi connectivity index (χ4n) is 2.31. The van der Waals surface area contributed by atoms with Gasteiger partial charge in [-0.2, -0.15) is 0 Å². The fourth-order valence-corrected chi connectivity index (χ4v) is 2.31. The van der Waals surface area contributed by atoms with Gasteiger partial charge in [0.2, 0.25) is 0 Å². The molecule has 0 atom stereocenters. The topological polar surface area (TPSA) is 135 Å². The summed E-state index contributed by atoms with van der Waals surface area (Å²) in [5.41, 5.74) is 4.86. The molecule has 21 heavy (non-hydrogen) atoms. The molecular formula is C13H15N3O5. The van der Waals surface area contributed by atoms with Crippen molar-refractivity contribution >= 4 is 11.9 Å². The minimum atomic E-state index is -1.13. The second-order valence-electron chi connectivity index (χ2n) is 4.64. The highest BCUT2D eigenvalue weighted by Gasteiger charge is 2.39. The van der Waals surface area contributed by atoms with Gasteiger partial charge in [-0.3, -0.25) is 0 Å². The van der Waals surface area contributed by atoms with Gasteiger partial charge in [-0.05, 0) is 25.7 Å². The quantitative estimate of drug-likeness (QED) is 0.442. The summed E-state index contributed by atoms with van der Waals surface area (Å²) < 4.78 is 13.6. The normalized spacial score (nSPS) is 25.3. The Kier molecular flexibility index (Phi) is 5.85. The predicted molar refractivity (Wildman–Crippen MR) is 67.7 cm³/mol. The Labute approximate surface area is 121 Å². The molecule has 0 aromatic heterocycles. The molecule has 0 spiro atoms. The Hall–Kier alpha value is -2.42. The maximum Gasteiger partial charge on any atom is 0.351 e. The van der Waals surface area contributed by atoms with Crippen molar-refractivity contribution in [1.29, 1.82) is 10.5 Å². The van der Waals surface area contributed by atoms with E-state index in [0.29, 0.717) is 25.7 Å². The smallest absolute Gasteiger partial charge is 0.351 e. The number of esters is 2. The predicted octanol–water partition coefficient (Wildman–Crippen LogP) is 0.248. The number of carbonyl (C=O) groups excluding carboxylic acids is 2. The van der Waals surface area contributed by atoms with Gasteiger partial charge >= 0.3 is 11.9 Å². The summed E-state index contributed by atoms with van der Waals surface area (Å²) in [6, 6.07) is 0. The van der Waals surface area contributed by atoms with E-state index in [9.17, 15) is 9.59 Å². The molecule has 1 fully saturated rings. The molecule has 0 unspecified atom stereocenters. The summed E-state index contributed by atoms with van der Waals surface area (Å²) in [4.78, 5) is 23.2. The molecule has 1 aliphatic carbocycles. The third kappa shape index (κ3) is 4.28. The molecule has 0 heterocycles. The molecule has 0 aromatic rings. The van der Waals surface area contributed by atoms with Crippen molar-refractivity contribution in [1.82, 2.24) is 0 Å². The van der Waals surface area contributed by atoms with E-state index < -0.39 is 17.5 Å². The maximum absolute atomic E-state index is 11.8. The molecule has 1 saturated carbocycles. The third-order valence-electron chi connectivity index (χ3n) is 3.46. The highest BCUT2D eigenvalue weighted by Crippen LogP contribution is 2.34. The van der Waals surface area contributed by atoms with Crippen molar-refractivity contribution in [3.8, 4) is 12.5 Å². The zero-order chi connectivity index (χ0) is 15.9. The second kappa shape index (κ2) is 7.39. The molecule has 0 saturated heterocycles. The molecular weight excluding hydrogens is 278 g/mol.